The molecule has 0 unspecified atom stereocenters. The van der Waals surface area contributed by atoms with Crippen molar-refractivity contribution in [1.29, 1.82) is 0 Å². The highest BCUT2D eigenvalue weighted by atomic mass is 19.4. The summed E-state index contributed by atoms with van der Waals surface area (Å²) in [5.41, 5.74) is -1.24. The van der Waals surface area contributed by atoms with Crippen molar-refractivity contribution in [3.8, 4) is 5.75 Å². The number of ketones is 1. The van der Waals surface area contributed by atoms with E-state index in [0.29, 0.717) is 0 Å². The predicted molar refractivity (Wildman–Crippen MR) is 75.7 cm³/mol. The molecule has 11 heteroatoms. The molecule has 2 nitrogen and oxygen atoms in total. The molecule has 0 aliphatic rings. The van der Waals surface area contributed by atoms with Crippen LogP contribution in [-0.2, 0) is 0 Å². The summed E-state index contributed by atoms with van der Waals surface area (Å²) in [6, 6.07) is 7.11. The Morgan fingerprint density at radius 2 is 1.37 bits per heavy atom. The number of methoxy groups -OCH3 is 1. The smallest absolute Gasteiger partial charge is 0.460 e. The van der Waals surface area contributed by atoms with Crippen molar-refractivity contribution >= 4 is 16.6 Å². The highest BCUT2D eigenvalue weighted by Gasteiger charge is 2.83. The van der Waals surface area contributed by atoms with Gasteiger partial charge in [0, 0.05) is 0 Å². The second kappa shape index (κ2) is 6.31. The second-order valence-electron chi connectivity index (χ2n) is 5.41. The minimum absolute atomic E-state index is 0.0725. The van der Waals surface area contributed by atoms with E-state index in [1.54, 1.807) is 0 Å². The van der Waals surface area contributed by atoms with Gasteiger partial charge in [0.2, 0.25) is 5.78 Å². The van der Waals surface area contributed by atoms with Gasteiger partial charge in [-0.05, 0) is 16.8 Å². The molecule has 0 fully saturated rings. The van der Waals surface area contributed by atoms with E-state index in [1.165, 1.54) is 24.3 Å². The first-order chi connectivity index (χ1) is 12.2. The average molecular weight is 404 g/mol. The van der Waals surface area contributed by atoms with Gasteiger partial charge in [0.1, 0.15) is 5.75 Å². The number of Topliss-reactive ketones (excluding diaryl/α,β-unsaturated/α-hetero) is 1. The number of hydrogen-bond donors (Lipinski definition) is 0. The highest BCUT2D eigenvalue weighted by Crippen LogP contribution is 2.54. The molecule has 0 saturated heterocycles. The standard InChI is InChI=1S/C16H9F9O2/c1-27-10-7-6-8-4-2-3-5-9(8)11(10)12(26)13(17,18)14(19,20)15(21,22)16(23,24)25/h2-7H,1H3. The Balaban J connectivity index is 2.71. The minimum atomic E-state index is -7.16. The normalized spacial score (nSPS) is 13.7. The summed E-state index contributed by atoms with van der Waals surface area (Å²) < 4.78 is 123. The number of ether oxygens (including phenoxy) is 1. The maximum absolute atomic E-state index is 14.0. The van der Waals surface area contributed by atoms with Gasteiger partial charge in [0.25, 0.3) is 0 Å². The number of rotatable bonds is 5. The molecular weight excluding hydrogens is 395 g/mol. The van der Waals surface area contributed by atoms with Crippen LogP contribution < -0.4 is 4.74 Å². The van der Waals surface area contributed by atoms with Gasteiger partial charge in [-0.15, -0.1) is 0 Å². The molecule has 148 valence electrons. The fourth-order valence-corrected chi connectivity index (χ4v) is 2.33. The van der Waals surface area contributed by atoms with Crippen LogP contribution in [-0.4, -0.2) is 36.8 Å². The molecule has 0 atom stereocenters. The summed E-state index contributed by atoms with van der Waals surface area (Å²) >= 11 is 0. The molecule has 27 heavy (non-hydrogen) atoms. The largest absolute Gasteiger partial charge is 0.496 e. The number of alkyl halides is 9. The van der Waals surface area contributed by atoms with Crippen molar-refractivity contribution in [3.63, 3.8) is 0 Å². The Morgan fingerprint density at radius 1 is 0.815 bits per heavy atom. The summed E-state index contributed by atoms with van der Waals surface area (Å²) in [4.78, 5) is 12.1. The number of halogens is 9. The molecule has 2 aromatic carbocycles. The fourth-order valence-electron chi connectivity index (χ4n) is 2.33. The third-order valence-electron chi connectivity index (χ3n) is 3.77. The summed E-state index contributed by atoms with van der Waals surface area (Å²) in [6.07, 6.45) is -7.01. The molecule has 0 N–H and O–H groups in total. The van der Waals surface area contributed by atoms with E-state index in [-0.39, 0.29) is 10.8 Å². The van der Waals surface area contributed by atoms with Crippen molar-refractivity contribution in [2.45, 2.75) is 23.9 Å². The van der Waals surface area contributed by atoms with Crippen molar-refractivity contribution in [1.82, 2.24) is 0 Å². The van der Waals surface area contributed by atoms with Crippen molar-refractivity contribution in [2.75, 3.05) is 7.11 Å². The van der Waals surface area contributed by atoms with Crippen LogP contribution >= 0.6 is 0 Å². The van der Waals surface area contributed by atoms with E-state index in [1.807, 2.05) is 0 Å². The zero-order valence-electron chi connectivity index (χ0n) is 13.2. The number of carbonyl (C=O) groups is 1. The van der Waals surface area contributed by atoms with Crippen LogP contribution in [0.15, 0.2) is 36.4 Å². The van der Waals surface area contributed by atoms with E-state index >= 15 is 0 Å². The van der Waals surface area contributed by atoms with Crippen LogP contribution in [0.2, 0.25) is 0 Å². The molecule has 0 amide bonds. The van der Waals surface area contributed by atoms with Crippen LogP contribution in [0, 0.1) is 0 Å². The fraction of sp³-hybridized carbons (Fsp3) is 0.312. The maximum Gasteiger partial charge on any atom is 0.460 e. The Kier molecular flexibility index (Phi) is 4.87. The third-order valence-corrected chi connectivity index (χ3v) is 3.77. The first-order valence-electron chi connectivity index (χ1n) is 7.01. The summed E-state index contributed by atoms with van der Waals surface area (Å²) in [6.45, 7) is 0. The van der Waals surface area contributed by atoms with Gasteiger partial charge in [-0.25, -0.2) is 0 Å². The van der Waals surface area contributed by atoms with E-state index < -0.39 is 41.0 Å². The molecule has 0 bridgehead atoms. The summed E-state index contributed by atoms with van der Waals surface area (Å²) in [5, 5.41) is -0.309. The predicted octanol–water partition coefficient (Wildman–Crippen LogP) is 5.50. The number of fused-ring (bicyclic) bond motifs is 1. The van der Waals surface area contributed by atoms with Crippen molar-refractivity contribution < 1.29 is 49.0 Å². The van der Waals surface area contributed by atoms with E-state index in [4.69, 9.17) is 0 Å². The Bertz CT molecular complexity index is 872. The van der Waals surface area contributed by atoms with Gasteiger partial charge >= 0.3 is 23.9 Å². The second-order valence-corrected chi connectivity index (χ2v) is 5.41. The summed E-state index contributed by atoms with van der Waals surface area (Å²) in [7, 11) is 0.876. The van der Waals surface area contributed by atoms with Gasteiger partial charge in [0.05, 0.1) is 12.7 Å². The topological polar surface area (TPSA) is 26.3 Å². The van der Waals surface area contributed by atoms with Crippen molar-refractivity contribution in [3.05, 3.63) is 42.0 Å². The highest BCUT2D eigenvalue weighted by molar-refractivity contribution is 6.14. The van der Waals surface area contributed by atoms with E-state index in [9.17, 15) is 44.3 Å². The maximum atomic E-state index is 14.0. The first-order valence-corrected chi connectivity index (χ1v) is 7.01. The number of benzene rings is 2. The minimum Gasteiger partial charge on any atom is -0.496 e. The van der Waals surface area contributed by atoms with Crippen LogP contribution in [0.25, 0.3) is 10.8 Å². The molecule has 0 heterocycles. The molecule has 0 saturated carbocycles. The van der Waals surface area contributed by atoms with Crippen LogP contribution in [0.3, 0.4) is 0 Å². The van der Waals surface area contributed by atoms with Gasteiger partial charge in [0.15, 0.2) is 0 Å². The van der Waals surface area contributed by atoms with Crippen molar-refractivity contribution in [2.24, 2.45) is 0 Å². The van der Waals surface area contributed by atoms with Crippen LogP contribution in [0.5, 0.6) is 5.75 Å². The molecule has 2 aromatic rings. The molecular formula is C16H9F9O2. The lowest BCUT2D eigenvalue weighted by molar-refractivity contribution is -0.386. The Morgan fingerprint density at radius 3 is 1.89 bits per heavy atom. The monoisotopic (exact) mass is 404 g/mol. The molecule has 0 radical (unpaired) electrons. The van der Waals surface area contributed by atoms with Gasteiger partial charge in [-0.1, -0.05) is 30.3 Å². The van der Waals surface area contributed by atoms with Crippen LogP contribution in [0.1, 0.15) is 10.4 Å². The van der Waals surface area contributed by atoms with Crippen LogP contribution in [0.4, 0.5) is 39.5 Å². The van der Waals surface area contributed by atoms with Gasteiger partial charge < -0.3 is 4.74 Å². The average Bonchev–Trinajstić information content (AvgIpc) is 2.58. The zero-order chi connectivity index (χ0) is 20.8. The number of hydrogen-bond acceptors (Lipinski definition) is 2. The molecule has 0 aliphatic carbocycles. The lowest BCUT2D eigenvalue weighted by Crippen LogP contribution is -2.63. The Hall–Kier alpha value is -2.46. The zero-order valence-corrected chi connectivity index (χ0v) is 13.2. The molecule has 2 rings (SSSR count). The molecule has 0 aliphatic heterocycles. The lowest BCUT2D eigenvalue weighted by Gasteiger charge is -2.33. The molecule has 0 aromatic heterocycles. The third kappa shape index (κ3) is 2.98. The Labute approximate surface area is 145 Å². The summed E-state index contributed by atoms with van der Waals surface area (Å²) in [5.74, 6) is -24.2. The quantitative estimate of drug-likeness (QED) is 0.486. The number of carbonyl (C=O) groups excluding carboxylic acids is 1. The van der Waals surface area contributed by atoms with Gasteiger partial charge in [-0.2, -0.15) is 39.5 Å². The first kappa shape index (κ1) is 20.8. The van der Waals surface area contributed by atoms with E-state index in [0.717, 1.165) is 19.2 Å². The molecule has 0 spiro atoms. The SMILES string of the molecule is COc1ccc2ccccc2c1C(=O)C(F)(F)C(F)(F)C(F)(F)C(F)(F)F. The lowest BCUT2D eigenvalue weighted by atomic mass is 9.92. The van der Waals surface area contributed by atoms with E-state index in [2.05, 4.69) is 4.74 Å². The van der Waals surface area contributed by atoms with Gasteiger partial charge in [-0.3, -0.25) is 4.79 Å².